The van der Waals surface area contributed by atoms with Crippen LogP contribution < -0.4 is 11.5 Å². The molecule has 0 aromatic rings. The van der Waals surface area contributed by atoms with Gasteiger partial charge in [0.15, 0.2) is 0 Å². The third kappa shape index (κ3) is 7.53. The van der Waals surface area contributed by atoms with E-state index in [2.05, 4.69) is 6.92 Å². The quantitative estimate of drug-likeness (QED) is 0.463. The van der Waals surface area contributed by atoms with E-state index in [-0.39, 0.29) is 0 Å². The Kier molecular flexibility index (Phi) is 7.30. The van der Waals surface area contributed by atoms with Crippen molar-refractivity contribution in [3.63, 3.8) is 0 Å². The number of hydrogen-bond acceptors (Lipinski definition) is 2. The monoisotopic (exact) mass is 184 g/mol. The molecule has 0 aromatic heterocycles. The number of unbranched alkanes of at least 4 members (excludes halogenated alkanes) is 4. The number of primary amides is 1. The van der Waals surface area contributed by atoms with Crippen LogP contribution in [0, 0.1) is 0 Å². The average molecular weight is 184 g/mol. The van der Waals surface area contributed by atoms with Crippen LogP contribution in [0.2, 0.25) is 0 Å². The second-order valence-corrected chi connectivity index (χ2v) is 3.21. The number of rotatable bonds is 7. The van der Waals surface area contributed by atoms with E-state index >= 15 is 0 Å². The lowest BCUT2D eigenvalue weighted by molar-refractivity contribution is -0.118. The first-order chi connectivity index (χ1) is 6.18. The molecule has 0 spiro atoms. The van der Waals surface area contributed by atoms with E-state index in [9.17, 15) is 4.79 Å². The van der Waals surface area contributed by atoms with Crippen molar-refractivity contribution in [3.8, 4) is 0 Å². The minimum absolute atomic E-state index is 0.468. The number of nitrogens with two attached hydrogens (primary N) is 2. The van der Waals surface area contributed by atoms with Crippen molar-refractivity contribution in [2.45, 2.75) is 45.1 Å². The van der Waals surface area contributed by atoms with Crippen molar-refractivity contribution >= 4 is 5.91 Å². The van der Waals surface area contributed by atoms with Crippen molar-refractivity contribution in [1.82, 2.24) is 0 Å². The SMILES string of the molecule is CCCCCC/C=C/C(N)C(N)=O. The molecule has 13 heavy (non-hydrogen) atoms. The summed E-state index contributed by atoms with van der Waals surface area (Å²) < 4.78 is 0. The van der Waals surface area contributed by atoms with Gasteiger partial charge in [0.05, 0.1) is 0 Å². The van der Waals surface area contributed by atoms with Gasteiger partial charge in [-0.15, -0.1) is 0 Å². The minimum Gasteiger partial charge on any atom is -0.368 e. The Morgan fingerprint density at radius 2 is 2.08 bits per heavy atom. The van der Waals surface area contributed by atoms with E-state index in [4.69, 9.17) is 11.5 Å². The highest BCUT2D eigenvalue weighted by Gasteiger charge is 2.01. The predicted octanol–water partition coefficient (Wildman–Crippen LogP) is 1.33. The van der Waals surface area contributed by atoms with Crippen LogP contribution in [-0.4, -0.2) is 11.9 Å². The first-order valence-electron chi connectivity index (χ1n) is 4.90. The number of hydrogen-bond donors (Lipinski definition) is 2. The van der Waals surface area contributed by atoms with Crippen LogP contribution in [0.15, 0.2) is 12.2 Å². The van der Waals surface area contributed by atoms with Gasteiger partial charge < -0.3 is 11.5 Å². The number of allylic oxidation sites excluding steroid dienone is 1. The summed E-state index contributed by atoms with van der Waals surface area (Å²) >= 11 is 0. The zero-order valence-electron chi connectivity index (χ0n) is 8.33. The lowest BCUT2D eigenvalue weighted by Gasteiger charge is -1.99. The van der Waals surface area contributed by atoms with Gasteiger partial charge in [0.25, 0.3) is 0 Å². The third-order valence-corrected chi connectivity index (χ3v) is 1.90. The van der Waals surface area contributed by atoms with Gasteiger partial charge >= 0.3 is 0 Å². The van der Waals surface area contributed by atoms with Gasteiger partial charge in [0.1, 0.15) is 6.04 Å². The van der Waals surface area contributed by atoms with Crippen LogP contribution in [0.4, 0.5) is 0 Å². The van der Waals surface area contributed by atoms with Crippen molar-refractivity contribution in [1.29, 1.82) is 0 Å². The molecule has 0 aliphatic carbocycles. The lowest BCUT2D eigenvalue weighted by atomic mass is 10.1. The summed E-state index contributed by atoms with van der Waals surface area (Å²) in [6.45, 7) is 2.18. The molecule has 0 saturated carbocycles. The van der Waals surface area contributed by atoms with Crippen LogP contribution in [-0.2, 0) is 4.79 Å². The molecule has 4 N–H and O–H groups in total. The Balaban J connectivity index is 3.35. The number of carbonyl (C=O) groups excluding carboxylic acids is 1. The summed E-state index contributed by atoms with van der Waals surface area (Å²) in [7, 11) is 0. The van der Waals surface area contributed by atoms with Crippen LogP contribution in [0.5, 0.6) is 0 Å². The molecule has 1 atom stereocenters. The van der Waals surface area contributed by atoms with Gasteiger partial charge in [-0.3, -0.25) is 4.79 Å². The summed E-state index contributed by atoms with van der Waals surface area (Å²) in [5.41, 5.74) is 10.4. The van der Waals surface area contributed by atoms with Gasteiger partial charge in [-0.05, 0) is 12.8 Å². The Labute approximate surface area is 80.2 Å². The maximum Gasteiger partial charge on any atom is 0.238 e. The highest BCUT2D eigenvalue weighted by Crippen LogP contribution is 2.02. The molecular weight excluding hydrogens is 164 g/mol. The van der Waals surface area contributed by atoms with Gasteiger partial charge in [-0.25, -0.2) is 0 Å². The van der Waals surface area contributed by atoms with E-state index in [1.165, 1.54) is 19.3 Å². The highest BCUT2D eigenvalue weighted by atomic mass is 16.1. The van der Waals surface area contributed by atoms with Crippen molar-refractivity contribution in [3.05, 3.63) is 12.2 Å². The van der Waals surface area contributed by atoms with E-state index in [1.54, 1.807) is 6.08 Å². The van der Waals surface area contributed by atoms with Crippen molar-refractivity contribution in [2.24, 2.45) is 11.5 Å². The molecule has 0 aliphatic heterocycles. The summed E-state index contributed by atoms with van der Waals surface area (Å²) in [5.74, 6) is -0.468. The largest absolute Gasteiger partial charge is 0.368 e. The Morgan fingerprint density at radius 1 is 1.38 bits per heavy atom. The number of carbonyl (C=O) groups is 1. The number of amides is 1. The highest BCUT2D eigenvalue weighted by molar-refractivity contribution is 5.81. The van der Waals surface area contributed by atoms with Crippen molar-refractivity contribution < 1.29 is 4.79 Å². The molecule has 0 radical (unpaired) electrons. The van der Waals surface area contributed by atoms with Crippen molar-refractivity contribution in [2.75, 3.05) is 0 Å². The second kappa shape index (κ2) is 7.80. The fourth-order valence-corrected chi connectivity index (χ4v) is 1.03. The standard InChI is InChI=1S/C10H20N2O/c1-2-3-4-5-6-7-8-9(11)10(12)13/h7-9H,2-6,11H2,1H3,(H2,12,13)/b8-7+. The van der Waals surface area contributed by atoms with Crippen LogP contribution >= 0.6 is 0 Å². The fraction of sp³-hybridized carbons (Fsp3) is 0.700. The zero-order chi connectivity index (χ0) is 10.1. The van der Waals surface area contributed by atoms with E-state index in [0.717, 1.165) is 12.8 Å². The summed E-state index contributed by atoms with van der Waals surface area (Å²) in [5, 5.41) is 0. The molecule has 3 nitrogen and oxygen atoms in total. The Bertz CT molecular complexity index is 166. The normalized spacial score (nSPS) is 13.4. The summed E-state index contributed by atoms with van der Waals surface area (Å²) in [6.07, 6.45) is 9.52. The van der Waals surface area contributed by atoms with Gasteiger partial charge in [0.2, 0.25) is 5.91 Å². The summed E-state index contributed by atoms with van der Waals surface area (Å²) in [4.78, 5) is 10.5. The molecule has 0 saturated heterocycles. The first-order valence-corrected chi connectivity index (χ1v) is 4.90. The topological polar surface area (TPSA) is 69.1 Å². The molecule has 0 aromatic carbocycles. The van der Waals surface area contributed by atoms with Gasteiger partial charge in [-0.2, -0.15) is 0 Å². The molecule has 3 heteroatoms. The zero-order valence-corrected chi connectivity index (χ0v) is 8.33. The predicted molar refractivity (Wildman–Crippen MR) is 55.1 cm³/mol. The van der Waals surface area contributed by atoms with Crippen LogP contribution in [0.3, 0.4) is 0 Å². The molecule has 0 bridgehead atoms. The Morgan fingerprint density at radius 3 is 2.62 bits per heavy atom. The van der Waals surface area contributed by atoms with E-state index in [1.807, 2.05) is 6.08 Å². The maximum absolute atomic E-state index is 10.5. The van der Waals surface area contributed by atoms with Gasteiger partial charge in [-0.1, -0.05) is 38.3 Å². The molecule has 1 unspecified atom stereocenters. The van der Waals surface area contributed by atoms with E-state index in [0.29, 0.717) is 0 Å². The lowest BCUT2D eigenvalue weighted by Crippen LogP contribution is -2.34. The second-order valence-electron chi connectivity index (χ2n) is 3.21. The molecule has 0 rings (SSSR count). The van der Waals surface area contributed by atoms with Crippen LogP contribution in [0.25, 0.3) is 0 Å². The first kappa shape index (κ1) is 12.2. The Hall–Kier alpha value is -0.830. The molecule has 1 amide bonds. The fourth-order valence-electron chi connectivity index (χ4n) is 1.03. The molecule has 76 valence electrons. The average Bonchev–Trinajstić information content (AvgIpc) is 2.10. The van der Waals surface area contributed by atoms with Gasteiger partial charge in [0, 0.05) is 0 Å². The molecular formula is C10H20N2O. The molecule has 0 aliphatic rings. The molecule has 0 heterocycles. The van der Waals surface area contributed by atoms with E-state index < -0.39 is 11.9 Å². The maximum atomic E-state index is 10.5. The molecule has 0 fully saturated rings. The minimum atomic E-state index is -0.619. The summed E-state index contributed by atoms with van der Waals surface area (Å²) in [6, 6.07) is -0.619. The van der Waals surface area contributed by atoms with Crippen LogP contribution in [0.1, 0.15) is 39.0 Å². The third-order valence-electron chi connectivity index (χ3n) is 1.90. The smallest absolute Gasteiger partial charge is 0.238 e.